The molecule has 0 fully saturated rings. The molecule has 2 N–H and O–H groups in total. The molecule has 0 bridgehead atoms. The fraction of sp³-hybridized carbons (Fsp3) is 0.143. The van der Waals surface area contributed by atoms with Crippen LogP contribution in [0.3, 0.4) is 0 Å². The van der Waals surface area contributed by atoms with Gasteiger partial charge in [0.2, 0.25) is 5.91 Å². The second-order valence-corrected chi connectivity index (χ2v) is 6.51. The zero-order valence-electron chi connectivity index (χ0n) is 15.3. The van der Waals surface area contributed by atoms with Crippen molar-refractivity contribution in [2.75, 3.05) is 22.1 Å². The molecule has 0 saturated heterocycles. The van der Waals surface area contributed by atoms with Gasteiger partial charge >= 0.3 is 0 Å². The number of nitrogens with one attached hydrogen (secondary N) is 2. The second-order valence-electron chi connectivity index (χ2n) is 6.51. The molecule has 0 unspecified atom stereocenters. The topological polar surface area (TPSA) is 87.2 Å². The number of carbonyl (C=O) groups excluding carboxylic acids is 2. The molecule has 2 aromatic carbocycles. The molecule has 0 atom stereocenters. The van der Waals surface area contributed by atoms with Crippen LogP contribution in [0.5, 0.6) is 0 Å². The van der Waals surface area contributed by atoms with Crippen molar-refractivity contribution in [3.8, 4) is 0 Å². The van der Waals surface area contributed by atoms with E-state index in [0.29, 0.717) is 17.2 Å². The Balaban J connectivity index is 1.47. The summed E-state index contributed by atoms with van der Waals surface area (Å²) in [5.74, 6) is 0.184. The minimum absolute atomic E-state index is 0.173. The lowest BCUT2D eigenvalue weighted by Gasteiger charge is -2.17. The molecule has 0 saturated carbocycles. The highest BCUT2D eigenvalue weighted by atomic mass is 16.2. The predicted octanol–water partition coefficient (Wildman–Crippen LogP) is 3.38. The minimum Gasteiger partial charge on any atom is -0.326 e. The molecular formula is C21H19N5O2. The third-order valence-electron chi connectivity index (χ3n) is 4.48. The molecular weight excluding hydrogens is 354 g/mol. The number of carbonyl (C=O) groups is 2. The van der Waals surface area contributed by atoms with Gasteiger partial charge in [0.25, 0.3) is 5.91 Å². The normalized spacial score (nSPS) is 12.4. The summed E-state index contributed by atoms with van der Waals surface area (Å²) in [4.78, 5) is 34.4. The molecule has 2 heterocycles. The van der Waals surface area contributed by atoms with Crippen LogP contribution in [0.25, 0.3) is 0 Å². The molecule has 140 valence electrons. The zero-order valence-corrected chi connectivity index (χ0v) is 15.3. The van der Waals surface area contributed by atoms with Crippen molar-refractivity contribution in [3.05, 3.63) is 72.2 Å². The highest BCUT2D eigenvalue weighted by molar-refractivity contribution is 6.03. The molecule has 0 radical (unpaired) electrons. The first-order chi connectivity index (χ1) is 13.6. The van der Waals surface area contributed by atoms with Crippen LogP contribution in [0.4, 0.5) is 22.9 Å². The molecule has 1 aromatic heterocycles. The van der Waals surface area contributed by atoms with Crippen LogP contribution in [0, 0.1) is 0 Å². The van der Waals surface area contributed by atoms with Crippen LogP contribution >= 0.6 is 0 Å². The monoisotopic (exact) mass is 373 g/mol. The number of aromatic nitrogens is 2. The van der Waals surface area contributed by atoms with Gasteiger partial charge in [0.15, 0.2) is 5.82 Å². The fourth-order valence-corrected chi connectivity index (χ4v) is 3.23. The Bertz CT molecular complexity index is 1030. The molecule has 28 heavy (non-hydrogen) atoms. The van der Waals surface area contributed by atoms with Gasteiger partial charge in [0.1, 0.15) is 5.69 Å². The van der Waals surface area contributed by atoms with E-state index >= 15 is 0 Å². The maximum absolute atomic E-state index is 12.5. The van der Waals surface area contributed by atoms with Crippen molar-refractivity contribution < 1.29 is 9.59 Å². The van der Waals surface area contributed by atoms with Gasteiger partial charge in [-0.15, -0.1) is 0 Å². The van der Waals surface area contributed by atoms with E-state index in [1.165, 1.54) is 18.7 Å². The highest BCUT2D eigenvalue weighted by Gasteiger charge is 2.21. The Labute approximate surface area is 162 Å². The fourth-order valence-electron chi connectivity index (χ4n) is 3.23. The quantitative estimate of drug-likeness (QED) is 0.732. The van der Waals surface area contributed by atoms with Crippen molar-refractivity contribution in [1.82, 2.24) is 9.97 Å². The standard InChI is InChI=1S/C21H19N5O2/c1-14(27)24-16-6-4-7-17(11-16)25-21(28)18-12-23-20(13-22-18)26-10-9-15-5-2-3-8-19(15)26/h2-8,11-13H,9-10H2,1H3,(H,24,27)(H,25,28). The van der Waals surface area contributed by atoms with E-state index < -0.39 is 0 Å². The lowest BCUT2D eigenvalue weighted by Crippen LogP contribution is -2.18. The first-order valence-corrected chi connectivity index (χ1v) is 8.96. The molecule has 0 spiro atoms. The second kappa shape index (κ2) is 7.48. The van der Waals surface area contributed by atoms with Crippen LogP contribution in [-0.4, -0.2) is 28.3 Å². The first-order valence-electron chi connectivity index (χ1n) is 8.96. The number of hydrogen-bond acceptors (Lipinski definition) is 5. The Morgan fingerprint density at radius 1 is 0.964 bits per heavy atom. The molecule has 7 heteroatoms. The predicted molar refractivity (Wildman–Crippen MR) is 108 cm³/mol. The van der Waals surface area contributed by atoms with Gasteiger partial charge in [-0.2, -0.15) is 0 Å². The van der Waals surface area contributed by atoms with Crippen molar-refractivity contribution in [2.24, 2.45) is 0 Å². The molecule has 1 aliphatic heterocycles. The summed E-state index contributed by atoms with van der Waals surface area (Å²) in [5, 5.41) is 5.45. The lowest BCUT2D eigenvalue weighted by atomic mass is 10.2. The van der Waals surface area contributed by atoms with Crippen LogP contribution < -0.4 is 15.5 Å². The van der Waals surface area contributed by atoms with E-state index in [-0.39, 0.29) is 17.5 Å². The van der Waals surface area contributed by atoms with E-state index in [0.717, 1.165) is 18.7 Å². The number of nitrogens with zero attached hydrogens (tertiary/aromatic N) is 3. The average molecular weight is 373 g/mol. The van der Waals surface area contributed by atoms with Gasteiger partial charge in [0.05, 0.1) is 12.4 Å². The largest absolute Gasteiger partial charge is 0.326 e. The van der Waals surface area contributed by atoms with E-state index in [4.69, 9.17) is 0 Å². The summed E-state index contributed by atoms with van der Waals surface area (Å²) in [6.07, 6.45) is 4.05. The SMILES string of the molecule is CC(=O)Nc1cccc(NC(=O)c2cnc(N3CCc4ccccc43)cn2)c1. The number of fused-ring (bicyclic) bond motifs is 1. The summed E-state index contributed by atoms with van der Waals surface area (Å²) in [7, 11) is 0. The van der Waals surface area contributed by atoms with Gasteiger partial charge < -0.3 is 15.5 Å². The number of hydrogen-bond donors (Lipinski definition) is 2. The molecule has 7 nitrogen and oxygen atoms in total. The van der Waals surface area contributed by atoms with Crippen molar-refractivity contribution in [3.63, 3.8) is 0 Å². The molecule has 2 amide bonds. The van der Waals surface area contributed by atoms with Gasteiger partial charge in [0, 0.05) is 30.5 Å². The minimum atomic E-state index is -0.360. The van der Waals surface area contributed by atoms with Crippen molar-refractivity contribution >= 4 is 34.7 Å². The van der Waals surface area contributed by atoms with Crippen LogP contribution in [0.15, 0.2) is 60.9 Å². The lowest BCUT2D eigenvalue weighted by molar-refractivity contribution is -0.114. The molecule has 0 aliphatic carbocycles. The smallest absolute Gasteiger partial charge is 0.275 e. The summed E-state index contributed by atoms with van der Waals surface area (Å²) < 4.78 is 0. The number of benzene rings is 2. The number of anilines is 4. The van der Waals surface area contributed by atoms with Gasteiger partial charge in [-0.3, -0.25) is 9.59 Å². The number of rotatable bonds is 4. The van der Waals surface area contributed by atoms with E-state index in [9.17, 15) is 9.59 Å². The van der Waals surface area contributed by atoms with Gasteiger partial charge in [-0.25, -0.2) is 9.97 Å². The Hall–Kier alpha value is -3.74. The van der Waals surface area contributed by atoms with E-state index in [2.05, 4.69) is 37.6 Å². The summed E-state index contributed by atoms with van der Waals surface area (Å²) in [6.45, 7) is 2.27. The van der Waals surface area contributed by atoms with Crippen LogP contribution in [0.2, 0.25) is 0 Å². The maximum atomic E-state index is 12.5. The number of para-hydroxylation sites is 1. The third-order valence-corrected chi connectivity index (χ3v) is 4.48. The van der Waals surface area contributed by atoms with E-state index in [1.807, 2.05) is 12.1 Å². The third kappa shape index (κ3) is 3.68. The van der Waals surface area contributed by atoms with Crippen molar-refractivity contribution in [2.45, 2.75) is 13.3 Å². The Morgan fingerprint density at radius 3 is 2.50 bits per heavy atom. The summed E-state index contributed by atoms with van der Waals surface area (Å²) >= 11 is 0. The summed E-state index contributed by atoms with van der Waals surface area (Å²) in [6, 6.07) is 15.1. The molecule has 1 aliphatic rings. The first kappa shape index (κ1) is 17.7. The average Bonchev–Trinajstić information content (AvgIpc) is 3.12. The zero-order chi connectivity index (χ0) is 19.5. The maximum Gasteiger partial charge on any atom is 0.275 e. The Morgan fingerprint density at radius 2 is 1.75 bits per heavy atom. The molecule has 3 aromatic rings. The number of amides is 2. The van der Waals surface area contributed by atoms with Gasteiger partial charge in [-0.1, -0.05) is 24.3 Å². The van der Waals surface area contributed by atoms with Crippen LogP contribution in [-0.2, 0) is 11.2 Å². The van der Waals surface area contributed by atoms with Gasteiger partial charge in [-0.05, 0) is 36.2 Å². The van der Waals surface area contributed by atoms with Crippen LogP contribution in [0.1, 0.15) is 23.0 Å². The Kier molecular flexibility index (Phi) is 4.72. The van der Waals surface area contributed by atoms with Crippen molar-refractivity contribution in [1.29, 1.82) is 0 Å². The summed E-state index contributed by atoms with van der Waals surface area (Å²) in [5.41, 5.74) is 3.81. The van der Waals surface area contributed by atoms with E-state index in [1.54, 1.807) is 30.5 Å². The molecule has 4 rings (SSSR count). The highest BCUT2D eigenvalue weighted by Crippen LogP contribution is 2.32.